The highest BCUT2D eigenvalue weighted by Gasteiger charge is 2.24. The Balaban J connectivity index is 1.96. The van der Waals surface area contributed by atoms with Gasteiger partial charge in [-0.2, -0.15) is 0 Å². The van der Waals surface area contributed by atoms with E-state index in [2.05, 4.69) is 15.4 Å². The lowest BCUT2D eigenvalue weighted by Gasteiger charge is -2.03. The van der Waals surface area contributed by atoms with E-state index in [1.807, 2.05) is 0 Å². The molecule has 0 saturated carbocycles. The number of nitrogens with zero attached hydrogens (tertiary/aromatic N) is 4. The third-order valence-corrected chi connectivity index (χ3v) is 4.05. The Morgan fingerprint density at radius 3 is 1.88 bits per heavy atom. The summed E-state index contributed by atoms with van der Waals surface area (Å²) in [5, 5.41) is 25.5. The van der Waals surface area contributed by atoms with Crippen molar-refractivity contribution in [1.82, 2.24) is 15.4 Å². The minimum Gasteiger partial charge on any atom is -0.359 e. The highest BCUT2D eigenvalue weighted by Crippen LogP contribution is 2.30. The average molecular weight is 359 g/mol. The molecule has 2 heterocycles. The molecular formula is C16H8Cl2N4O2. The van der Waals surface area contributed by atoms with Gasteiger partial charge in [0.1, 0.15) is 5.69 Å². The van der Waals surface area contributed by atoms with Gasteiger partial charge in [0.05, 0.1) is 0 Å². The van der Waals surface area contributed by atoms with Crippen LogP contribution in [0.1, 0.15) is 0 Å². The largest absolute Gasteiger partial charge is 0.359 e. The zero-order valence-corrected chi connectivity index (χ0v) is 13.5. The Hall–Kier alpha value is -2.70. The number of rotatable bonds is 2. The van der Waals surface area contributed by atoms with E-state index in [0.717, 1.165) is 5.56 Å². The second kappa shape index (κ2) is 5.74. The first-order valence-corrected chi connectivity index (χ1v) is 7.67. The van der Waals surface area contributed by atoms with Crippen LogP contribution in [0, 0.1) is 5.21 Å². The van der Waals surface area contributed by atoms with Crippen molar-refractivity contribution in [2.45, 2.75) is 0 Å². The van der Waals surface area contributed by atoms with Crippen molar-refractivity contribution >= 4 is 34.2 Å². The van der Waals surface area contributed by atoms with Gasteiger partial charge in [-0.15, -0.1) is 10.2 Å². The Morgan fingerprint density at radius 2 is 1.29 bits per heavy atom. The van der Waals surface area contributed by atoms with Gasteiger partial charge in [-0.05, 0) is 29.2 Å². The third kappa shape index (κ3) is 2.46. The predicted molar refractivity (Wildman–Crippen MR) is 89.5 cm³/mol. The van der Waals surface area contributed by atoms with Crippen LogP contribution >= 0.6 is 23.2 Å². The summed E-state index contributed by atoms with van der Waals surface area (Å²) in [7, 11) is 0. The van der Waals surface area contributed by atoms with E-state index in [1.165, 1.54) is 0 Å². The summed E-state index contributed by atoms with van der Waals surface area (Å²) in [5.74, 6) is 0. The second-order valence-corrected chi connectivity index (χ2v) is 5.91. The summed E-state index contributed by atoms with van der Waals surface area (Å²) in [5.41, 5.74) is 2.76. The molecule has 6 nitrogen and oxygen atoms in total. The summed E-state index contributed by atoms with van der Waals surface area (Å²) >= 11 is 11.8. The maximum atomic E-state index is 12.0. The highest BCUT2D eigenvalue weighted by molar-refractivity contribution is 6.31. The van der Waals surface area contributed by atoms with E-state index in [1.54, 1.807) is 48.5 Å². The average Bonchev–Trinajstić information content (AvgIpc) is 2.98. The third-order valence-electron chi connectivity index (χ3n) is 3.55. The van der Waals surface area contributed by atoms with Crippen LogP contribution in [0.4, 0.5) is 0 Å². The maximum Gasteiger partial charge on any atom is 0.278 e. The molecule has 0 aliphatic rings. The summed E-state index contributed by atoms with van der Waals surface area (Å²) in [6.45, 7) is 0. The molecule has 0 atom stereocenters. The van der Waals surface area contributed by atoms with Crippen LogP contribution in [0.5, 0.6) is 0 Å². The molecule has 8 heteroatoms. The minimum atomic E-state index is 0.206. The molecule has 24 heavy (non-hydrogen) atoms. The van der Waals surface area contributed by atoms with E-state index < -0.39 is 0 Å². The number of hydrogen-bond donors (Lipinski definition) is 0. The zero-order valence-electron chi connectivity index (χ0n) is 12.0. The van der Waals surface area contributed by atoms with Crippen LogP contribution in [0.25, 0.3) is 33.5 Å². The molecule has 0 radical (unpaired) electrons. The fourth-order valence-corrected chi connectivity index (χ4v) is 2.65. The zero-order chi connectivity index (χ0) is 16.7. The number of fused-ring (bicyclic) bond motifs is 1. The van der Waals surface area contributed by atoms with Crippen LogP contribution in [0.3, 0.4) is 0 Å². The minimum absolute atomic E-state index is 0.206. The lowest BCUT2D eigenvalue weighted by molar-refractivity contribution is -0.782. The number of aromatic nitrogens is 4. The van der Waals surface area contributed by atoms with Gasteiger partial charge in [0, 0.05) is 26.3 Å². The van der Waals surface area contributed by atoms with Gasteiger partial charge in [0.25, 0.3) is 11.0 Å². The van der Waals surface area contributed by atoms with Crippen molar-refractivity contribution in [1.29, 1.82) is 0 Å². The number of hydrogen-bond acceptors (Lipinski definition) is 5. The van der Waals surface area contributed by atoms with Gasteiger partial charge in [0.15, 0.2) is 5.69 Å². The molecule has 0 aliphatic carbocycles. The fourth-order valence-electron chi connectivity index (χ4n) is 2.40. The predicted octanol–water partition coefficient (Wildman–Crippen LogP) is 3.89. The van der Waals surface area contributed by atoms with E-state index >= 15 is 0 Å². The smallest absolute Gasteiger partial charge is 0.278 e. The van der Waals surface area contributed by atoms with Crippen LogP contribution in [0.15, 0.2) is 53.2 Å². The van der Waals surface area contributed by atoms with Crippen LogP contribution in [-0.2, 0) is 0 Å². The maximum absolute atomic E-state index is 12.0. The number of halogens is 2. The molecule has 0 N–H and O–H groups in total. The molecular weight excluding hydrogens is 351 g/mol. The van der Waals surface area contributed by atoms with Gasteiger partial charge < -0.3 is 5.21 Å². The SMILES string of the molecule is [O-][n+]1onc2c(-c3ccc(Cl)cc3)nnc(-c3ccc(Cl)cc3)c21. The van der Waals surface area contributed by atoms with Crippen LogP contribution in [-0.4, -0.2) is 15.4 Å². The van der Waals surface area contributed by atoms with Gasteiger partial charge >= 0.3 is 0 Å². The summed E-state index contributed by atoms with van der Waals surface area (Å²) < 4.78 is 4.77. The molecule has 118 valence electrons. The Kier molecular flexibility index (Phi) is 3.55. The Morgan fingerprint density at radius 1 is 0.792 bits per heavy atom. The first kappa shape index (κ1) is 14.9. The van der Waals surface area contributed by atoms with Gasteiger partial charge in [0.2, 0.25) is 0 Å². The van der Waals surface area contributed by atoms with Gasteiger partial charge in [-0.1, -0.05) is 47.5 Å². The molecule has 0 spiro atoms. The van der Waals surface area contributed by atoms with Crippen molar-refractivity contribution in [2.24, 2.45) is 0 Å². The van der Waals surface area contributed by atoms with E-state index in [4.69, 9.17) is 27.8 Å². The molecule has 2 aromatic heterocycles. The first-order chi connectivity index (χ1) is 11.6. The highest BCUT2D eigenvalue weighted by atomic mass is 35.5. The topological polar surface area (TPSA) is 78.8 Å². The second-order valence-electron chi connectivity index (χ2n) is 5.04. The Labute approximate surface area is 145 Å². The molecule has 0 amide bonds. The lowest BCUT2D eigenvalue weighted by Crippen LogP contribution is -2.23. The molecule has 2 aromatic carbocycles. The summed E-state index contributed by atoms with van der Waals surface area (Å²) in [6, 6.07) is 13.9. The van der Waals surface area contributed by atoms with Crippen molar-refractivity contribution in [2.75, 3.05) is 0 Å². The molecule has 0 saturated heterocycles. The molecule has 4 aromatic rings. The molecule has 0 fully saturated rings. The van der Waals surface area contributed by atoms with E-state index in [0.29, 0.717) is 37.4 Å². The number of benzene rings is 2. The molecule has 0 aliphatic heterocycles. The van der Waals surface area contributed by atoms with Crippen molar-refractivity contribution in [3.8, 4) is 22.5 Å². The van der Waals surface area contributed by atoms with Crippen LogP contribution < -0.4 is 4.90 Å². The monoisotopic (exact) mass is 358 g/mol. The van der Waals surface area contributed by atoms with E-state index in [-0.39, 0.29) is 5.52 Å². The fraction of sp³-hybridized carbons (Fsp3) is 0. The lowest BCUT2D eigenvalue weighted by atomic mass is 10.1. The van der Waals surface area contributed by atoms with E-state index in [9.17, 15) is 5.21 Å². The van der Waals surface area contributed by atoms with Crippen molar-refractivity contribution < 1.29 is 9.53 Å². The van der Waals surface area contributed by atoms with Gasteiger partial charge in [-0.25, -0.2) is 0 Å². The Bertz CT molecular complexity index is 1030. The normalized spacial score (nSPS) is 11.1. The standard InChI is InChI=1S/C16H8Cl2N4O2/c17-11-5-1-9(2-6-11)13-15-16(22(23)24-21-15)14(20-19-13)10-3-7-12(18)8-4-10/h1-8H. The molecule has 0 bridgehead atoms. The van der Waals surface area contributed by atoms with Crippen molar-refractivity contribution in [3.63, 3.8) is 0 Å². The van der Waals surface area contributed by atoms with Crippen LogP contribution in [0.2, 0.25) is 10.0 Å². The molecule has 4 rings (SSSR count). The first-order valence-electron chi connectivity index (χ1n) is 6.91. The summed E-state index contributed by atoms with van der Waals surface area (Å²) in [4.78, 5) is 0.327. The molecule has 0 unspecified atom stereocenters. The quantitative estimate of drug-likeness (QED) is 0.508. The van der Waals surface area contributed by atoms with Crippen molar-refractivity contribution in [3.05, 3.63) is 63.8 Å². The summed E-state index contributed by atoms with van der Waals surface area (Å²) in [6.07, 6.45) is 0. The van der Waals surface area contributed by atoms with Gasteiger partial charge in [-0.3, -0.25) is 4.63 Å².